The number of halogens is 4. The first-order valence-electron chi connectivity index (χ1n) is 6.64. The van der Waals surface area contributed by atoms with Crippen molar-refractivity contribution < 1.29 is 18.0 Å². The fourth-order valence-corrected chi connectivity index (χ4v) is 2.90. The van der Waals surface area contributed by atoms with E-state index in [4.69, 9.17) is 5.73 Å². The smallest absolute Gasteiger partial charge is 0.396 e. The number of nitrogens with one attached hydrogen (secondary N) is 1. The quantitative estimate of drug-likeness (QED) is 0.571. The summed E-state index contributed by atoms with van der Waals surface area (Å²) in [4.78, 5) is 20.1. The van der Waals surface area contributed by atoms with Gasteiger partial charge in [-0.2, -0.15) is 13.2 Å². The molecule has 24 heavy (non-hydrogen) atoms. The number of alkyl halides is 3. The maximum absolute atomic E-state index is 12.8. The number of nitrogen functional groups attached to an aromatic ring is 1. The summed E-state index contributed by atoms with van der Waals surface area (Å²) in [5.74, 6) is -0.156. The lowest BCUT2D eigenvalue weighted by Crippen LogP contribution is -2.17. The highest BCUT2D eigenvalue weighted by atomic mass is 79.9. The summed E-state index contributed by atoms with van der Waals surface area (Å²) in [6, 6.07) is 2.41. The van der Waals surface area contributed by atoms with Gasteiger partial charge in [0, 0.05) is 11.1 Å². The van der Waals surface area contributed by atoms with Gasteiger partial charge in [0.25, 0.3) is 5.91 Å². The molecule has 10 heteroatoms. The van der Waals surface area contributed by atoms with E-state index < -0.39 is 17.6 Å². The Balaban J connectivity index is 2.36. The van der Waals surface area contributed by atoms with Crippen LogP contribution in [0.4, 0.5) is 24.5 Å². The van der Waals surface area contributed by atoms with Gasteiger partial charge in [0.2, 0.25) is 0 Å². The first kappa shape index (κ1) is 18.5. The number of nitrogens with zero attached hydrogens (tertiary/aromatic N) is 2. The number of amides is 1. The van der Waals surface area contributed by atoms with Crippen molar-refractivity contribution in [1.29, 1.82) is 0 Å². The van der Waals surface area contributed by atoms with Crippen LogP contribution >= 0.6 is 27.7 Å². The molecular formula is C14H12BrF3N4OS. The van der Waals surface area contributed by atoms with Gasteiger partial charge >= 0.3 is 6.18 Å². The van der Waals surface area contributed by atoms with E-state index in [0.29, 0.717) is 16.6 Å². The number of carbonyl (C=O) groups excluding carboxylic acids is 1. The van der Waals surface area contributed by atoms with Gasteiger partial charge in [-0.15, -0.1) is 11.8 Å². The maximum atomic E-state index is 12.8. The first-order chi connectivity index (χ1) is 11.2. The molecule has 5 nitrogen and oxygen atoms in total. The van der Waals surface area contributed by atoms with Crippen molar-refractivity contribution in [2.75, 3.05) is 16.8 Å². The average Bonchev–Trinajstić information content (AvgIpc) is 2.50. The van der Waals surface area contributed by atoms with Gasteiger partial charge in [-0.1, -0.05) is 6.92 Å². The molecule has 0 saturated heterocycles. The minimum atomic E-state index is -4.52. The van der Waals surface area contributed by atoms with Crippen molar-refractivity contribution in [2.24, 2.45) is 0 Å². The number of pyridine rings is 2. The largest absolute Gasteiger partial charge is 0.417 e. The van der Waals surface area contributed by atoms with Gasteiger partial charge in [0.15, 0.2) is 0 Å². The Kier molecular flexibility index (Phi) is 5.70. The predicted molar refractivity (Wildman–Crippen MR) is 89.9 cm³/mol. The Morgan fingerprint density at radius 1 is 1.33 bits per heavy atom. The SMILES string of the molecule is CCSc1cc(C(F)(F)F)cnc1C(=O)Nc1cc(Br)ncc1N. The van der Waals surface area contributed by atoms with Crippen molar-refractivity contribution in [1.82, 2.24) is 9.97 Å². The number of hydrogen-bond donors (Lipinski definition) is 2. The summed E-state index contributed by atoms with van der Waals surface area (Å²) in [6.45, 7) is 1.77. The van der Waals surface area contributed by atoms with Gasteiger partial charge in [0.05, 0.1) is 23.1 Å². The van der Waals surface area contributed by atoms with Gasteiger partial charge in [-0.05, 0) is 33.8 Å². The number of thioether (sulfide) groups is 1. The molecule has 2 rings (SSSR count). The van der Waals surface area contributed by atoms with Crippen molar-refractivity contribution in [3.8, 4) is 0 Å². The minimum absolute atomic E-state index is 0.0952. The molecule has 0 bridgehead atoms. The average molecular weight is 421 g/mol. The van der Waals surface area contributed by atoms with E-state index >= 15 is 0 Å². The van der Waals surface area contributed by atoms with Gasteiger partial charge in [-0.3, -0.25) is 4.79 Å². The fourth-order valence-electron chi connectivity index (χ4n) is 1.77. The highest BCUT2D eigenvalue weighted by molar-refractivity contribution is 9.10. The molecule has 1 amide bonds. The van der Waals surface area contributed by atoms with Gasteiger partial charge < -0.3 is 11.1 Å². The third kappa shape index (κ3) is 4.38. The Morgan fingerprint density at radius 2 is 2.04 bits per heavy atom. The first-order valence-corrected chi connectivity index (χ1v) is 8.42. The van der Waals surface area contributed by atoms with Crippen LogP contribution in [-0.2, 0) is 6.18 Å². The highest BCUT2D eigenvalue weighted by Crippen LogP contribution is 2.33. The molecule has 0 saturated carbocycles. The monoisotopic (exact) mass is 420 g/mol. The predicted octanol–water partition coefficient (Wildman–Crippen LogP) is 4.20. The molecule has 3 N–H and O–H groups in total. The van der Waals surface area contributed by atoms with Crippen molar-refractivity contribution in [2.45, 2.75) is 18.0 Å². The fraction of sp³-hybridized carbons (Fsp3) is 0.214. The van der Waals surface area contributed by atoms with Crippen molar-refractivity contribution >= 4 is 45.0 Å². The van der Waals surface area contributed by atoms with Crippen LogP contribution in [-0.4, -0.2) is 21.6 Å². The molecular weight excluding hydrogens is 409 g/mol. The van der Waals surface area contributed by atoms with Crippen LogP contribution in [0.15, 0.2) is 34.0 Å². The van der Waals surface area contributed by atoms with E-state index in [-0.39, 0.29) is 22.0 Å². The van der Waals surface area contributed by atoms with Crippen LogP contribution in [0, 0.1) is 0 Å². The summed E-state index contributed by atoms with van der Waals surface area (Å²) in [6.07, 6.45) is -2.53. The molecule has 2 heterocycles. The van der Waals surface area contributed by atoms with E-state index in [2.05, 4.69) is 31.2 Å². The summed E-state index contributed by atoms with van der Waals surface area (Å²) < 4.78 is 38.9. The topological polar surface area (TPSA) is 80.9 Å². The highest BCUT2D eigenvalue weighted by Gasteiger charge is 2.32. The molecule has 0 aliphatic carbocycles. The lowest BCUT2D eigenvalue weighted by atomic mass is 10.2. The third-order valence-electron chi connectivity index (χ3n) is 2.84. The molecule has 0 atom stereocenters. The molecule has 0 unspecified atom stereocenters. The Bertz CT molecular complexity index is 770. The van der Waals surface area contributed by atoms with Crippen LogP contribution in [0.25, 0.3) is 0 Å². The van der Waals surface area contributed by atoms with Crippen LogP contribution in [0.2, 0.25) is 0 Å². The number of carbonyl (C=O) groups is 1. The van der Waals surface area contributed by atoms with E-state index in [1.165, 1.54) is 12.3 Å². The molecule has 0 radical (unpaired) electrons. The lowest BCUT2D eigenvalue weighted by Gasteiger charge is -2.13. The van der Waals surface area contributed by atoms with E-state index in [1.54, 1.807) is 6.92 Å². The summed E-state index contributed by atoms with van der Waals surface area (Å²) in [5, 5.41) is 2.53. The third-order valence-corrected chi connectivity index (χ3v) is 4.19. The zero-order chi connectivity index (χ0) is 17.9. The second kappa shape index (κ2) is 7.39. The summed E-state index contributed by atoms with van der Waals surface area (Å²) in [5.41, 5.74) is 5.24. The number of anilines is 2. The maximum Gasteiger partial charge on any atom is 0.417 e. The Labute approximate surface area is 148 Å². The number of rotatable bonds is 4. The molecule has 0 spiro atoms. The Hall–Kier alpha value is -1.81. The Morgan fingerprint density at radius 3 is 2.67 bits per heavy atom. The molecule has 0 aromatic carbocycles. The standard InChI is InChI=1S/C14H12BrF3N4OS/c1-2-24-10-3-7(14(16,17)18)5-21-12(10)13(23)22-9-4-11(15)20-6-8(9)19/h3-6H,2,19H2,1H3,(H,20,22,23). The molecule has 0 fully saturated rings. The minimum Gasteiger partial charge on any atom is -0.396 e. The molecule has 2 aromatic rings. The number of nitrogens with two attached hydrogens (primary N) is 1. The van der Waals surface area contributed by atoms with Gasteiger partial charge in [-0.25, -0.2) is 9.97 Å². The zero-order valence-electron chi connectivity index (χ0n) is 12.3. The molecule has 0 aliphatic heterocycles. The van der Waals surface area contributed by atoms with E-state index in [9.17, 15) is 18.0 Å². The summed E-state index contributed by atoms with van der Waals surface area (Å²) >= 11 is 4.25. The van der Waals surface area contributed by atoms with Crippen LogP contribution in [0.1, 0.15) is 23.0 Å². The number of aromatic nitrogens is 2. The molecule has 0 aliphatic rings. The molecule has 2 aromatic heterocycles. The molecule has 128 valence electrons. The lowest BCUT2D eigenvalue weighted by molar-refractivity contribution is -0.138. The van der Waals surface area contributed by atoms with Crippen LogP contribution in [0.5, 0.6) is 0 Å². The number of hydrogen-bond acceptors (Lipinski definition) is 5. The van der Waals surface area contributed by atoms with Crippen molar-refractivity contribution in [3.63, 3.8) is 0 Å². The second-order valence-corrected chi connectivity index (χ2v) is 6.67. The van der Waals surface area contributed by atoms with Gasteiger partial charge in [0.1, 0.15) is 10.3 Å². The van der Waals surface area contributed by atoms with E-state index in [0.717, 1.165) is 17.8 Å². The normalized spacial score (nSPS) is 11.4. The van der Waals surface area contributed by atoms with Crippen LogP contribution in [0.3, 0.4) is 0 Å². The van der Waals surface area contributed by atoms with Crippen LogP contribution < -0.4 is 11.1 Å². The summed E-state index contributed by atoms with van der Waals surface area (Å²) in [7, 11) is 0. The zero-order valence-corrected chi connectivity index (χ0v) is 14.7. The van der Waals surface area contributed by atoms with E-state index in [1.807, 2.05) is 0 Å². The second-order valence-electron chi connectivity index (χ2n) is 4.55. The van der Waals surface area contributed by atoms with Crippen molar-refractivity contribution in [3.05, 3.63) is 40.4 Å².